The first-order valence-corrected chi connectivity index (χ1v) is 8.67. The summed E-state index contributed by atoms with van der Waals surface area (Å²) >= 11 is 0. The van der Waals surface area contributed by atoms with Crippen molar-refractivity contribution in [2.24, 2.45) is 5.16 Å². The smallest absolute Gasteiger partial charge is 0.166 e. The van der Waals surface area contributed by atoms with E-state index in [1.54, 1.807) is 14.2 Å². The fraction of sp³-hybridized carbons (Fsp3) is 0.474. The Morgan fingerprint density at radius 1 is 1.16 bits per heavy atom. The molecule has 0 spiro atoms. The molecule has 2 aliphatic heterocycles. The highest BCUT2D eigenvalue weighted by atomic mass is 16.5. The summed E-state index contributed by atoms with van der Waals surface area (Å²) in [7, 11) is 3.27. The molecule has 6 heteroatoms. The Labute approximate surface area is 146 Å². The van der Waals surface area contributed by atoms with Crippen molar-refractivity contribution in [3.8, 4) is 11.5 Å². The lowest BCUT2D eigenvalue weighted by atomic mass is 9.79. The van der Waals surface area contributed by atoms with E-state index in [1.165, 1.54) is 5.56 Å². The zero-order valence-corrected chi connectivity index (χ0v) is 14.5. The summed E-state index contributed by atoms with van der Waals surface area (Å²) in [4.78, 5) is 14.7. The average Bonchev–Trinajstić information content (AvgIpc) is 2.65. The van der Waals surface area contributed by atoms with Crippen molar-refractivity contribution in [2.45, 2.75) is 38.1 Å². The second-order valence-electron chi connectivity index (χ2n) is 6.71. The molecule has 0 amide bonds. The lowest BCUT2D eigenvalue weighted by molar-refractivity contribution is -0.115. The van der Waals surface area contributed by atoms with E-state index in [2.05, 4.69) is 10.1 Å². The number of Topliss-reactive ketones (excluding diaryl/α,β-unsaturated/α-hetero) is 1. The molecular weight excluding hydrogens is 320 g/mol. The van der Waals surface area contributed by atoms with E-state index in [1.807, 2.05) is 12.1 Å². The average molecular weight is 342 g/mol. The van der Waals surface area contributed by atoms with Gasteiger partial charge in [-0.2, -0.15) is 0 Å². The van der Waals surface area contributed by atoms with E-state index in [0.717, 1.165) is 42.8 Å². The number of carbonyl (C=O) groups excluding carboxylic acids is 1. The number of ketones is 1. The monoisotopic (exact) mass is 342 g/mol. The molecule has 0 saturated carbocycles. The van der Waals surface area contributed by atoms with Crippen molar-refractivity contribution in [2.75, 3.05) is 20.8 Å². The molecule has 0 saturated heterocycles. The van der Waals surface area contributed by atoms with Crippen molar-refractivity contribution < 1.29 is 19.5 Å². The lowest BCUT2D eigenvalue weighted by Crippen LogP contribution is -2.43. The topological polar surface area (TPSA) is 71.4 Å². The second-order valence-corrected chi connectivity index (χ2v) is 6.71. The van der Waals surface area contributed by atoms with Gasteiger partial charge >= 0.3 is 0 Å². The van der Waals surface area contributed by atoms with E-state index >= 15 is 0 Å². The number of benzene rings is 1. The number of methoxy groups -OCH3 is 2. The summed E-state index contributed by atoms with van der Waals surface area (Å²) < 4.78 is 10.9. The zero-order chi connectivity index (χ0) is 17.6. The van der Waals surface area contributed by atoms with Crippen LogP contribution in [0.5, 0.6) is 11.5 Å². The van der Waals surface area contributed by atoms with E-state index in [0.29, 0.717) is 29.9 Å². The maximum Gasteiger partial charge on any atom is 0.166 e. The fourth-order valence-corrected chi connectivity index (χ4v) is 4.39. The lowest BCUT2D eigenvalue weighted by Gasteiger charge is -2.45. The number of hydrogen-bond acceptors (Lipinski definition) is 6. The SMILES string of the molecule is COc1cc2c(cc1OC)C1C/C(=N\O)C3=C(CCCC3=O)N1CC2. The Balaban J connectivity index is 1.83. The van der Waals surface area contributed by atoms with Gasteiger partial charge in [-0.05, 0) is 42.5 Å². The third-order valence-corrected chi connectivity index (χ3v) is 5.53. The largest absolute Gasteiger partial charge is 0.493 e. The van der Waals surface area contributed by atoms with Crippen LogP contribution in [0.25, 0.3) is 0 Å². The van der Waals surface area contributed by atoms with Gasteiger partial charge < -0.3 is 19.6 Å². The van der Waals surface area contributed by atoms with Crippen molar-refractivity contribution in [3.63, 3.8) is 0 Å². The number of oxime groups is 1. The highest BCUT2D eigenvalue weighted by Gasteiger charge is 2.40. The number of ether oxygens (including phenoxy) is 2. The van der Waals surface area contributed by atoms with Crippen LogP contribution in [0.15, 0.2) is 28.6 Å². The summed E-state index contributed by atoms with van der Waals surface area (Å²) in [5.74, 6) is 1.53. The normalized spacial score (nSPS) is 23.9. The molecule has 0 fully saturated rings. The van der Waals surface area contributed by atoms with Crippen LogP contribution in [0.2, 0.25) is 0 Å². The molecule has 2 heterocycles. The predicted molar refractivity (Wildman–Crippen MR) is 92.4 cm³/mol. The number of allylic oxidation sites excluding steroid dienone is 2. The molecule has 3 aliphatic rings. The highest BCUT2D eigenvalue weighted by Crippen LogP contribution is 2.46. The second kappa shape index (κ2) is 6.10. The first kappa shape index (κ1) is 16.0. The Morgan fingerprint density at radius 2 is 1.92 bits per heavy atom. The third-order valence-electron chi connectivity index (χ3n) is 5.53. The molecule has 1 aromatic rings. The molecule has 0 bridgehead atoms. The van der Waals surface area contributed by atoms with E-state index in [9.17, 15) is 10.0 Å². The molecule has 25 heavy (non-hydrogen) atoms. The van der Waals surface area contributed by atoms with Gasteiger partial charge in [-0.15, -0.1) is 0 Å². The van der Waals surface area contributed by atoms with Crippen LogP contribution in [0, 0.1) is 0 Å². The fourth-order valence-electron chi connectivity index (χ4n) is 4.39. The van der Waals surface area contributed by atoms with Crippen LogP contribution in [0.3, 0.4) is 0 Å². The van der Waals surface area contributed by atoms with Gasteiger partial charge in [0.1, 0.15) is 0 Å². The van der Waals surface area contributed by atoms with E-state index in [4.69, 9.17) is 9.47 Å². The number of hydrogen-bond donors (Lipinski definition) is 1. The number of fused-ring (bicyclic) bond motifs is 4. The minimum absolute atomic E-state index is 0.0686. The standard InChI is InChI=1S/C19H22N2O4/c1-24-17-8-11-6-7-21-14-4-3-5-16(22)19(14)13(20-23)10-15(21)12(11)9-18(17)25-2/h8-9,15,23H,3-7,10H2,1-2H3/b20-13+. The van der Waals surface area contributed by atoms with Gasteiger partial charge in [0, 0.05) is 25.1 Å². The maximum atomic E-state index is 12.4. The van der Waals surface area contributed by atoms with Crippen molar-refractivity contribution in [3.05, 3.63) is 34.5 Å². The summed E-state index contributed by atoms with van der Waals surface area (Å²) in [5.41, 5.74) is 4.59. The van der Waals surface area contributed by atoms with Crippen molar-refractivity contribution in [1.82, 2.24) is 4.90 Å². The quantitative estimate of drug-likeness (QED) is 0.661. The minimum Gasteiger partial charge on any atom is -0.493 e. The molecule has 1 N–H and O–H groups in total. The molecule has 4 rings (SSSR count). The molecule has 1 unspecified atom stereocenters. The molecule has 1 aliphatic carbocycles. The van der Waals surface area contributed by atoms with Crippen LogP contribution in [-0.2, 0) is 11.2 Å². The Hall–Kier alpha value is -2.50. The Morgan fingerprint density at radius 3 is 2.64 bits per heavy atom. The summed E-state index contributed by atoms with van der Waals surface area (Å²) in [5, 5.41) is 13.0. The molecule has 132 valence electrons. The van der Waals surface area contributed by atoms with Crippen molar-refractivity contribution >= 4 is 11.5 Å². The van der Waals surface area contributed by atoms with Crippen LogP contribution in [0.1, 0.15) is 42.9 Å². The van der Waals surface area contributed by atoms with Gasteiger partial charge in [0.15, 0.2) is 17.3 Å². The van der Waals surface area contributed by atoms with E-state index in [-0.39, 0.29) is 11.8 Å². The first-order chi connectivity index (χ1) is 12.2. The molecule has 1 aromatic carbocycles. The number of nitrogens with zero attached hydrogens (tertiary/aromatic N) is 2. The molecular formula is C19H22N2O4. The van der Waals surface area contributed by atoms with Crippen LogP contribution >= 0.6 is 0 Å². The molecule has 1 atom stereocenters. The first-order valence-electron chi connectivity index (χ1n) is 8.67. The zero-order valence-electron chi connectivity index (χ0n) is 14.5. The Bertz CT molecular complexity index is 797. The van der Waals surface area contributed by atoms with Gasteiger partial charge in [-0.25, -0.2) is 0 Å². The van der Waals surface area contributed by atoms with Gasteiger partial charge in [-0.3, -0.25) is 4.79 Å². The highest BCUT2D eigenvalue weighted by molar-refractivity contribution is 6.23. The van der Waals surface area contributed by atoms with Crippen LogP contribution < -0.4 is 9.47 Å². The summed E-state index contributed by atoms with van der Waals surface area (Å²) in [6.07, 6.45) is 3.68. The molecule has 0 aromatic heterocycles. The van der Waals surface area contributed by atoms with Gasteiger partial charge in [0.25, 0.3) is 0 Å². The van der Waals surface area contributed by atoms with E-state index < -0.39 is 0 Å². The maximum absolute atomic E-state index is 12.4. The minimum atomic E-state index is 0.0686. The molecule has 6 nitrogen and oxygen atoms in total. The van der Waals surface area contributed by atoms with Gasteiger partial charge in [0.2, 0.25) is 0 Å². The predicted octanol–water partition coefficient (Wildman–Crippen LogP) is 2.84. The number of carbonyl (C=O) groups is 1. The Kier molecular flexibility index (Phi) is 3.90. The third kappa shape index (κ3) is 2.39. The van der Waals surface area contributed by atoms with Gasteiger partial charge in [0.05, 0.1) is 31.5 Å². The molecule has 0 radical (unpaired) electrons. The number of rotatable bonds is 2. The van der Waals surface area contributed by atoms with Crippen molar-refractivity contribution in [1.29, 1.82) is 0 Å². The summed E-state index contributed by atoms with van der Waals surface area (Å²) in [6.45, 7) is 0.859. The van der Waals surface area contributed by atoms with Gasteiger partial charge in [-0.1, -0.05) is 5.16 Å². The summed E-state index contributed by atoms with van der Waals surface area (Å²) in [6, 6.07) is 4.13. The van der Waals surface area contributed by atoms with Crippen LogP contribution in [-0.4, -0.2) is 42.4 Å². The van der Waals surface area contributed by atoms with Crippen LogP contribution in [0.4, 0.5) is 0 Å².